The molecule has 0 N–H and O–H groups in total. The van der Waals surface area contributed by atoms with Crippen molar-refractivity contribution in [2.45, 2.75) is 6.92 Å². The number of hydrogen-bond donors (Lipinski definition) is 0. The van der Waals surface area contributed by atoms with E-state index in [0.29, 0.717) is 0 Å². The maximum Gasteiger partial charge on any atom is 0.302 e. The Morgan fingerprint density at radius 3 is 2.61 bits per heavy atom. The molecule has 2 nitrogen and oxygen atoms in total. The summed E-state index contributed by atoms with van der Waals surface area (Å²) >= 11 is 1.60. The molecule has 0 saturated heterocycles. The third-order valence-corrected chi connectivity index (χ3v) is 3.70. The molecule has 3 heteroatoms. The minimum absolute atomic E-state index is 0.330. The number of carbonyl (C=O) groups excluding carboxylic acids is 1. The van der Waals surface area contributed by atoms with Crippen molar-refractivity contribution in [1.82, 2.24) is 0 Å². The largest absolute Gasteiger partial charge is 0.304 e. The van der Waals surface area contributed by atoms with Gasteiger partial charge in [-0.2, -0.15) is 0 Å². The van der Waals surface area contributed by atoms with Crippen molar-refractivity contribution in [2.24, 2.45) is 0 Å². The van der Waals surface area contributed by atoms with Crippen LogP contribution in [0, 0.1) is 19.3 Å². The van der Waals surface area contributed by atoms with Gasteiger partial charge in [-0.05, 0) is 24.5 Å². The first-order valence-electron chi connectivity index (χ1n) is 5.51. The van der Waals surface area contributed by atoms with Crippen molar-refractivity contribution >= 4 is 22.9 Å². The molecule has 1 aromatic carbocycles. The predicted molar refractivity (Wildman–Crippen MR) is 76.7 cm³/mol. The van der Waals surface area contributed by atoms with Gasteiger partial charge in [-0.1, -0.05) is 29.8 Å². The lowest BCUT2D eigenvalue weighted by Crippen LogP contribution is -2.23. The van der Waals surface area contributed by atoms with Gasteiger partial charge in [0, 0.05) is 17.3 Å². The Morgan fingerprint density at radius 2 is 2.00 bits per heavy atom. The zero-order valence-electron chi connectivity index (χ0n) is 10.3. The van der Waals surface area contributed by atoms with E-state index in [2.05, 4.69) is 37.1 Å². The first-order valence-corrected chi connectivity index (χ1v) is 6.39. The van der Waals surface area contributed by atoms with E-state index in [9.17, 15) is 4.79 Å². The summed E-state index contributed by atoms with van der Waals surface area (Å²) in [6.07, 6.45) is 5.11. The highest BCUT2D eigenvalue weighted by Crippen LogP contribution is 2.31. The average Bonchev–Trinajstić information content (AvgIpc) is 2.87. The van der Waals surface area contributed by atoms with E-state index in [1.807, 2.05) is 11.4 Å². The first-order chi connectivity index (χ1) is 8.61. The number of benzene rings is 1. The maximum absolute atomic E-state index is 11.4. The number of thiophene rings is 1. The fraction of sp³-hybridized carbons (Fsp3) is 0.133. The molecule has 2 rings (SSSR count). The molecule has 0 saturated carbocycles. The van der Waals surface area contributed by atoms with Crippen LogP contribution in [-0.2, 0) is 4.79 Å². The summed E-state index contributed by atoms with van der Waals surface area (Å²) < 4.78 is 0. The van der Waals surface area contributed by atoms with Gasteiger partial charge in [-0.3, -0.25) is 4.79 Å². The zero-order valence-corrected chi connectivity index (χ0v) is 11.1. The molecule has 1 aromatic heterocycles. The third-order valence-electron chi connectivity index (χ3n) is 2.74. The molecule has 0 aliphatic carbocycles. The van der Waals surface area contributed by atoms with Gasteiger partial charge in [0.15, 0.2) is 0 Å². The molecule has 0 radical (unpaired) electrons. The highest BCUT2D eigenvalue weighted by atomic mass is 32.1. The summed E-state index contributed by atoms with van der Waals surface area (Å²) in [7, 11) is 1.68. The van der Waals surface area contributed by atoms with Crippen LogP contribution < -0.4 is 4.90 Å². The molecular formula is C15H13NOS. The molecule has 0 aliphatic rings. The first kappa shape index (κ1) is 12.4. The van der Waals surface area contributed by atoms with Gasteiger partial charge >= 0.3 is 5.91 Å². The summed E-state index contributed by atoms with van der Waals surface area (Å²) in [4.78, 5) is 14.0. The summed E-state index contributed by atoms with van der Waals surface area (Å²) in [6.45, 7) is 2.06. The Bertz CT molecular complexity index is 604. The van der Waals surface area contributed by atoms with E-state index < -0.39 is 0 Å². The van der Waals surface area contributed by atoms with Crippen LogP contribution in [0.2, 0.25) is 0 Å². The highest BCUT2D eigenvalue weighted by Gasteiger charge is 2.10. The van der Waals surface area contributed by atoms with Gasteiger partial charge in [-0.25, -0.2) is 0 Å². The van der Waals surface area contributed by atoms with Crippen LogP contribution >= 0.6 is 11.3 Å². The van der Waals surface area contributed by atoms with Gasteiger partial charge < -0.3 is 4.90 Å². The molecule has 0 bridgehead atoms. The zero-order chi connectivity index (χ0) is 13.1. The molecule has 1 amide bonds. The SMILES string of the molecule is C#CC(=O)N(C)c1csc(-c2ccc(C)cc2)c1. The van der Waals surface area contributed by atoms with Crippen LogP contribution in [0.5, 0.6) is 0 Å². The fourth-order valence-corrected chi connectivity index (χ4v) is 2.52. The van der Waals surface area contributed by atoms with Crippen molar-refractivity contribution in [2.75, 3.05) is 11.9 Å². The number of terminal acetylenes is 1. The Kier molecular flexibility index (Phi) is 3.50. The number of hydrogen-bond acceptors (Lipinski definition) is 2. The normalized spacial score (nSPS) is 9.83. The molecular weight excluding hydrogens is 242 g/mol. The summed E-state index contributed by atoms with van der Waals surface area (Å²) in [5.74, 6) is 1.78. The van der Waals surface area contributed by atoms with Crippen molar-refractivity contribution in [3.63, 3.8) is 0 Å². The van der Waals surface area contributed by atoms with Gasteiger partial charge in [0.2, 0.25) is 0 Å². The minimum atomic E-state index is -0.330. The van der Waals surface area contributed by atoms with Gasteiger partial charge in [-0.15, -0.1) is 17.8 Å². The second kappa shape index (κ2) is 5.07. The van der Waals surface area contributed by atoms with Crippen LogP contribution in [0.25, 0.3) is 10.4 Å². The lowest BCUT2D eigenvalue weighted by molar-refractivity contribution is -0.113. The smallest absolute Gasteiger partial charge is 0.302 e. The van der Waals surface area contributed by atoms with Crippen LogP contribution in [0.15, 0.2) is 35.7 Å². The van der Waals surface area contributed by atoms with Crippen molar-refractivity contribution in [3.8, 4) is 22.8 Å². The number of anilines is 1. The Morgan fingerprint density at radius 1 is 1.33 bits per heavy atom. The summed E-state index contributed by atoms with van der Waals surface area (Å²) in [5, 5.41) is 1.93. The highest BCUT2D eigenvalue weighted by molar-refractivity contribution is 7.14. The monoisotopic (exact) mass is 255 g/mol. The van der Waals surface area contributed by atoms with E-state index in [-0.39, 0.29) is 5.91 Å². The van der Waals surface area contributed by atoms with Crippen LogP contribution in [-0.4, -0.2) is 13.0 Å². The Hall–Kier alpha value is -2.05. The van der Waals surface area contributed by atoms with Crippen molar-refractivity contribution < 1.29 is 4.79 Å². The lowest BCUT2D eigenvalue weighted by Gasteiger charge is -2.10. The van der Waals surface area contributed by atoms with Crippen molar-refractivity contribution in [3.05, 3.63) is 41.3 Å². The van der Waals surface area contributed by atoms with Gasteiger partial charge in [0.25, 0.3) is 0 Å². The number of amides is 1. The van der Waals surface area contributed by atoms with E-state index in [0.717, 1.165) is 16.1 Å². The third kappa shape index (κ3) is 2.44. The lowest BCUT2D eigenvalue weighted by atomic mass is 10.1. The average molecular weight is 255 g/mol. The topological polar surface area (TPSA) is 20.3 Å². The number of nitrogens with zero attached hydrogens (tertiary/aromatic N) is 1. The number of carbonyl (C=O) groups is 1. The van der Waals surface area contributed by atoms with E-state index in [4.69, 9.17) is 6.42 Å². The Balaban J connectivity index is 2.28. The van der Waals surface area contributed by atoms with Crippen LogP contribution in [0.3, 0.4) is 0 Å². The van der Waals surface area contributed by atoms with Gasteiger partial charge in [0.1, 0.15) is 0 Å². The molecule has 0 unspecified atom stereocenters. The quantitative estimate of drug-likeness (QED) is 0.754. The number of aryl methyl sites for hydroxylation is 1. The molecule has 0 atom stereocenters. The second-order valence-corrected chi connectivity index (χ2v) is 4.95. The molecule has 90 valence electrons. The van der Waals surface area contributed by atoms with Crippen LogP contribution in [0.1, 0.15) is 5.56 Å². The summed E-state index contributed by atoms with van der Waals surface area (Å²) in [5.41, 5.74) is 3.21. The molecule has 0 fully saturated rings. The fourth-order valence-electron chi connectivity index (χ4n) is 1.59. The van der Waals surface area contributed by atoms with Crippen LogP contribution in [0.4, 0.5) is 5.69 Å². The predicted octanol–water partition coefficient (Wildman–Crippen LogP) is 3.32. The van der Waals surface area contributed by atoms with E-state index >= 15 is 0 Å². The van der Waals surface area contributed by atoms with E-state index in [1.165, 1.54) is 10.5 Å². The van der Waals surface area contributed by atoms with Gasteiger partial charge in [0.05, 0.1) is 5.69 Å². The minimum Gasteiger partial charge on any atom is -0.304 e. The molecule has 18 heavy (non-hydrogen) atoms. The van der Waals surface area contributed by atoms with E-state index in [1.54, 1.807) is 18.4 Å². The van der Waals surface area contributed by atoms with Crippen molar-refractivity contribution in [1.29, 1.82) is 0 Å². The molecule has 0 aliphatic heterocycles. The maximum atomic E-state index is 11.4. The molecule has 1 heterocycles. The molecule has 2 aromatic rings. The summed E-state index contributed by atoms with van der Waals surface area (Å²) in [6, 6.07) is 10.3. The number of rotatable bonds is 2. The molecule has 0 spiro atoms. The second-order valence-electron chi connectivity index (χ2n) is 4.04. The standard InChI is InChI=1S/C15H13NOS/c1-4-15(17)16(3)13-9-14(18-10-13)12-7-5-11(2)6-8-12/h1,5-10H,2-3H3. The Labute approximate surface area is 111 Å².